The molecule has 0 amide bonds. The summed E-state index contributed by atoms with van der Waals surface area (Å²) < 4.78 is 28.2. The van der Waals surface area contributed by atoms with Crippen molar-refractivity contribution in [2.75, 3.05) is 19.5 Å². The first-order chi connectivity index (χ1) is 7.95. The summed E-state index contributed by atoms with van der Waals surface area (Å²) in [6.07, 6.45) is -0.113. The molecule has 0 heterocycles. The lowest BCUT2D eigenvalue weighted by atomic mass is 10.2. The molecule has 0 aliphatic carbocycles. The molecule has 0 atom stereocenters. The third-order valence-electron chi connectivity index (χ3n) is 2.19. The van der Waals surface area contributed by atoms with E-state index >= 15 is 0 Å². The summed E-state index contributed by atoms with van der Waals surface area (Å²) in [5.41, 5.74) is 0.572. The van der Waals surface area contributed by atoms with Crippen molar-refractivity contribution in [3.8, 4) is 0 Å². The first-order valence-electron chi connectivity index (χ1n) is 4.98. The van der Waals surface area contributed by atoms with Crippen LogP contribution in [0.5, 0.6) is 0 Å². The number of carbonyl (C=O) groups is 1. The van der Waals surface area contributed by atoms with Gasteiger partial charge in [0.05, 0.1) is 23.7 Å². The number of sulfone groups is 1. The molecule has 0 spiro atoms. The van der Waals surface area contributed by atoms with Crippen molar-refractivity contribution in [2.45, 2.75) is 11.3 Å². The van der Waals surface area contributed by atoms with Crippen LogP contribution in [0.2, 0.25) is 0 Å². The molecule has 17 heavy (non-hydrogen) atoms. The van der Waals surface area contributed by atoms with Gasteiger partial charge in [-0.15, -0.1) is 0 Å². The molecule has 0 saturated heterocycles. The number of benzene rings is 1. The molecule has 1 aromatic carbocycles. The fourth-order valence-electron chi connectivity index (χ4n) is 1.30. The van der Waals surface area contributed by atoms with E-state index < -0.39 is 15.8 Å². The molecule has 0 unspecified atom stereocenters. The van der Waals surface area contributed by atoms with Crippen molar-refractivity contribution >= 4 is 15.8 Å². The molecule has 1 N–H and O–H groups in total. The van der Waals surface area contributed by atoms with Crippen LogP contribution in [0.3, 0.4) is 0 Å². The van der Waals surface area contributed by atoms with Crippen molar-refractivity contribution in [1.29, 1.82) is 0 Å². The maximum Gasteiger partial charge on any atom is 0.307 e. The topological polar surface area (TPSA) is 80.7 Å². The van der Waals surface area contributed by atoms with Gasteiger partial charge in [0.15, 0.2) is 9.84 Å². The zero-order chi connectivity index (χ0) is 12.9. The minimum atomic E-state index is -3.34. The van der Waals surface area contributed by atoms with E-state index in [1.54, 1.807) is 0 Å². The summed E-state index contributed by atoms with van der Waals surface area (Å²) in [7, 11) is -1.90. The van der Waals surface area contributed by atoms with Gasteiger partial charge in [-0.3, -0.25) is 4.79 Å². The quantitative estimate of drug-likeness (QED) is 0.813. The van der Waals surface area contributed by atoms with Gasteiger partial charge in [0.25, 0.3) is 0 Å². The summed E-state index contributed by atoms with van der Waals surface area (Å²) in [6, 6.07) is 5.86. The maximum absolute atomic E-state index is 11.7. The standard InChI is InChI=1S/C11H14O5S/c1-16-6-7-17(14,15)10-4-2-9(3-5-10)8-11(12)13/h2-5H,6-8H2,1H3,(H,12,13). The van der Waals surface area contributed by atoms with Crippen molar-refractivity contribution in [1.82, 2.24) is 0 Å². The fourth-order valence-corrected chi connectivity index (χ4v) is 2.47. The Morgan fingerprint density at radius 1 is 1.29 bits per heavy atom. The van der Waals surface area contributed by atoms with Crippen LogP contribution in [-0.2, 0) is 25.8 Å². The molecule has 0 fully saturated rings. The summed E-state index contributed by atoms with van der Waals surface area (Å²) in [6.45, 7) is 0.138. The summed E-state index contributed by atoms with van der Waals surface area (Å²) in [5, 5.41) is 8.58. The molecule has 0 saturated carbocycles. The summed E-state index contributed by atoms with van der Waals surface area (Å²) in [5.74, 6) is -1.03. The average Bonchev–Trinajstić information content (AvgIpc) is 2.26. The molecule has 0 aliphatic rings. The number of hydrogen-bond acceptors (Lipinski definition) is 4. The number of carboxylic acid groups (broad SMARTS) is 1. The second kappa shape index (κ2) is 5.79. The fraction of sp³-hybridized carbons (Fsp3) is 0.364. The predicted octanol–water partition coefficient (Wildman–Crippen LogP) is 0.734. The third-order valence-corrected chi connectivity index (χ3v) is 3.89. The Bertz CT molecular complexity index is 475. The second-order valence-corrected chi connectivity index (χ2v) is 5.64. The van der Waals surface area contributed by atoms with Gasteiger partial charge in [-0.2, -0.15) is 0 Å². The van der Waals surface area contributed by atoms with Crippen LogP contribution in [0, 0.1) is 0 Å². The Labute approximate surface area is 100.0 Å². The van der Waals surface area contributed by atoms with E-state index in [0.29, 0.717) is 5.56 Å². The highest BCUT2D eigenvalue weighted by atomic mass is 32.2. The Morgan fingerprint density at radius 3 is 2.35 bits per heavy atom. The van der Waals surface area contributed by atoms with Crippen LogP contribution in [0.25, 0.3) is 0 Å². The van der Waals surface area contributed by atoms with E-state index in [1.165, 1.54) is 31.4 Å². The highest BCUT2D eigenvalue weighted by Gasteiger charge is 2.13. The SMILES string of the molecule is COCCS(=O)(=O)c1ccc(CC(=O)O)cc1. The van der Waals surface area contributed by atoms with Gasteiger partial charge >= 0.3 is 5.97 Å². The number of rotatable bonds is 6. The van der Waals surface area contributed by atoms with Gasteiger partial charge in [-0.05, 0) is 17.7 Å². The van der Waals surface area contributed by atoms with Crippen LogP contribution in [0.4, 0.5) is 0 Å². The number of carboxylic acids is 1. The van der Waals surface area contributed by atoms with E-state index in [9.17, 15) is 13.2 Å². The van der Waals surface area contributed by atoms with Crippen LogP contribution in [0.1, 0.15) is 5.56 Å². The maximum atomic E-state index is 11.7. The van der Waals surface area contributed by atoms with Crippen LogP contribution < -0.4 is 0 Å². The zero-order valence-electron chi connectivity index (χ0n) is 9.42. The molecule has 0 bridgehead atoms. The van der Waals surface area contributed by atoms with Gasteiger partial charge in [0.1, 0.15) is 0 Å². The molecule has 6 heteroatoms. The lowest BCUT2D eigenvalue weighted by molar-refractivity contribution is -0.136. The molecular formula is C11H14O5S. The van der Waals surface area contributed by atoms with Crippen LogP contribution in [0.15, 0.2) is 29.2 Å². The van der Waals surface area contributed by atoms with Crippen molar-refractivity contribution in [3.63, 3.8) is 0 Å². The summed E-state index contributed by atoms with van der Waals surface area (Å²) >= 11 is 0. The normalized spacial score (nSPS) is 11.4. The van der Waals surface area contributed by atoms with Gasteiger partial charge in [-0.1, -0.05) is 12.1 Å². The minimum absolute atomic E-state index is 0.0816. The van der Waals surface area contributed by atoms with E-state index in [0.717, 1.165) is 0 Å². The molecule has 0 aliphatic heterocycles. The van der Waals surface area contributed by atoms with Crippen molar-refractivity contribution < 1.29 is 23.1 Å². The second-order valence-electron chi connectivity index (χ2n) is 3.53. The monoisotopic (exact) mass is 258 g/mol. The first kappa shape index (κ1) is 13.7. The average molecular weight is 258 g/mol. The number of hydrogen-bond donors (Lipinski definition) is 1. The highest BCUT2D eigenvalue weighted by Crippen LogP contribution is 2.12. The smallest absolute Gasteiger partial charge is 0.307 e. The molecule has 1 aromatic rings. The molecular weight excluding hydrogens is 244 g/mol. The van der Waals surface area contributed by atoms with Crippen LogP contribution in [-0.4, -0.2) is 39.0 Å². The Hall–Kier alpha value is -1.40. The highest BCUT2D eigenvalue weighted by molar-refractivity contribution is 7.91. The minimum Gasteiger partial charge on any atom is -0.481 e. The lowest BCUT2D eigenvalue weighted by Crippen LogP contribution is -2.11. The van der Waals surface area contributed by atoms with Gasteiger partial charge in [0.2, 0.25) is 0 Å². The first-order valence-corrected chi connectivity index (χ1v) is 6.63. The molecule has 0 aromatic heterocycles. The number of methoxy groups -OCH3 is 1. The summed E-state index contributed by atoms with van der Waals surface area (Å²) in [4.78, 5) is 10.6. The Morgan fingerprint density at radius 2 is 1.88 bits per heavy atom. The Kier molecular flexibility index (Phi) is 4.65. The van der Waals surface area contributed by atoms with Gasteiger partial charge in [0, 0.05) is 7.11 Å². The van der Waals surface area contributed by atoms with E-state index in [-0.39, 0.29) is 23.7 Å². The number of ether oxygens (including phenoxy) is 1. The molecule has 94 valence electrons. The predicted molar refractivity (Wildman–Crippen MR) is 61.7 cm³/mol. The third kappa shape index (κ3) is 4.16. The Balaban J connectivity index is 2.83. The van der Waals surface area contributed by atoms with E-state index in [1.807, 2.05) is 0 Å². The molecule has 0 radical (unpaired) electrons. The van der Waals surface area contributed by atoms with E-state index in [4.69, 9.17) is 9.84 Å². The lowest BCUT2D eigenvalue weighted by Gasteiger charge is -2.04. The number of aliphatic carboxylic acids is 1. The van der Waals surface area contributed by atoms with Gasteiger partial charge in [-0.25, -0.2) is 8.42 Å². The van der Waals surface area contributed by atoms with E-state index in [2.05, 4.69) is 0 Å². The van der Waals surface area contributed by atoms with Crippen molar-refractivity contribution in [3.05, 3.63) is 29.8 Å². The van der Waals surface area contributed by atoms with Crippen molar-refractivity contribution in [2.24, 2.45) is 0 Å². The largest absolute Gasteiger partial charge is 0.481 e. The van der Waals surface area contributed by atoms with Crippen LogP contribution >= 0.6 is 0 Å². The van der Waals surface area contributed by atoms with Gasteiger partial charge < -0.3 is 9.84 Å². The zero-order valence-corrected chi connectivity index (χ0v) is 10.2. The molecule has 5 nitrogen and oxygen atoms in total. The molecule has 1 rings (SSSR count).